The van der Waals surface area contributed by atoms with E-state index in [9.17, 15) is 4.79 Å². The zero-order valence-electron chi connectivity index (χ0n) is 12.9. The van der Waals surface area contributed by atoms with E-state index in [-0.39, 0.29) is 24.4 Å². The summed E-state index contributed by atoms with van der Waals surface area (Å²) >= 11 is 0. The van der Waals surface area contributed by atoms with Crippen LogP contribution in [0, 0.1) is 12.8 Å². The van der Waals surface area contributed by atoms with Crippen LogP contribution < -0.4 is 15.4 Å². The molecule has 2 rings (SSSR count). The molecule has 0 aromatic heterocycles. The Morgan fingerprint density at radius 3 is 2.90 bits per heavy atom. The maximum absolute atomic E-state index is 12.1. The lowest BCUT2D eigenvalue weighted by Crippen LogP contribution is -2.29. The van der Waals surface area contributed by atoms with E-state index < -0.39 is 0 Å². The quantitative estimate of drug-likeness (QED) is 0.878. The van der Waals surface area contributed by atoms with E-state index in [4.69, 9.17) is 4.74 Å². The molecule has 118 valence electrons. The molecule has 1 aromatic carbocycles. The first-order valence-electron chi connectivity index (χ1n) is 7.24. The highest BCUT2D eigenvalue weighted by molar-refractivity contribution is 5.85. The van der Waals surface area contributed by atoms with Gasteiger partial charge in [-0.3, -0.25) is 4.79 Å². The summed E-state index contributed by atoms with van der Waals surface area (Å²) in [6.45, 7) is 6.03. The summed E-state index contributed by atoms with van der Waals surface area (Å²) in [6.07, 6.45) is 1.70. The van der Waals surface area contributed by atoms with Crippen LogP contribution >= 0.6 is 12.4 Å². The van der Waals surface area contributed by atoms with Crippen molar-refractivity contribution in [3.05, 3.63) is 29.3 Å². The number of halogens is 1. The number of hydrogen-bond acceptors (Lipinski definition) is 3. The Kier molecular flexibility index (Phi) is 6.99. The van der Waals surface area contributed by atoms with Crippen LogP contribution in [0.25, 0.3) is 0 Å². The molecule has 1 amide bonds. The molecule has 0 radical (unpaired) electrons. The Bertz CT molecular complexity index is 473. The monoisotopic (exact) mass is 312 g/mol. The predicted octanol–water partition coefficient (Wildman–Crippen LogP) is 2.60. The second-order valence-electron chi connectivity index (χ2n) is 5.60. The largest absolute Gasteiger partial charge is 0.496 e. The molecule has 0 spiro atoms. The maximum Gasteiger partial charge on any atom is 0.220 e. The van der Waals surface area contributed by atoms with Crippen molar-refractivity contribution in [3.63, 3.8) is 0 Å². The average Bonchev–Trinajstić information content (AvgIpc) is 2.91. The van der Waals surface area contributed by atoms with Crippen molar-refractivity contribution in [2.24, 2.45) is 5.92 Å². The number of carbonyl (C=O) groups excluding carboxylic acids is 1. The number of benzene rings is 1. The highest BCUT2D eigenvalue weighted by Crippen LogP contribution is 2.26. The predicted molar refractivity (Wildman–Crippen MR) is 87.1 cm³/mol. The van der Waals surface area contributed by atoms with Gasteiger partial charge in [-0.05, 0) is 45.3 Å². The zero-order valence-corrected chi connectivity index (χ0v) is 13.8. The number of amides is 1. The van der Waals surface area contributed by atoms with Gasteiger partial charge < -0.3 is 15.4 Å². The molecular formula is C16H25ClN2O2. The van der Waals surface area contributed by atoms with Crippen molar-refractivity contribution in [1.82, 2.24) is 10.6 Å². The van der Waals surface area contributed by atoms with Crippen LogP contribution in [0.15, 0.2) is 18.2 Å². The zero-order chi connectivity index (χ0) is 14.5. The van der Waals surface area contributed by atoms with Crippen molar-refractivity contribution in [1.29, 1.82) is 0 Å². The molecule has 1 aromatic rings. The Balaban J connectivity index is 0.00000220. The van der Waals surface area contributed by atoms with Crippen LogP contribution in [-0.2, 0) is 4.79 Å². The van der Waals surface area contributed by atoms with Crippen molar-refractivity contribution in [2.75, 3.05) is 20.2 Å². The van der Waals surface area contributed by atoms with Gasteiger partial charge in [-0.25, -0.2) is 0 Å². The fraction of sp³-hybridized carbons (Fsp3) is 0.562. The molecule has 2 unspecified atom stereocenters. The van der Waals surface area contributed by atoms with E-state index in [0.717, 1.165) is 30.8 Å². The lowest BCUT2D eigenvalue weighted by Gasteiger charge is -2.19. The van der Waals surface area contributed by atoms with Gasteiger partial charge in [0.2, 0.25) is 5.91 Å². The fourth-order valence-electron chi connectivity index (χ4n) is 2.72. The van der Waals surface area contributed by atoms with Crippen LogP contribution in [0.4, 0.5) is 0 Å². The number of methoxy groups -OCH3 is 1. The van der Waals surface area contributed by atoms with E-state index in [1.807, 2.05) is 26.0 Å². The Morgan fingerprint density at radius 1 is 1.52 bits per heavy atom. The van der Waals surface area contributed by atoms with Gasteiger partial charge in [0.1, 0.15) is 5.75 Å². The van der Waals surface area contributed by atoms with E-state index in [0.29, 0.717) is 12.3 Å². The molecule has 4 nitrogen and oxygen atoms in total. The number of ether oxygens (including phenoxy) is 1. The maximum atomic E-state index is 12.1. The lowest BCUT2D eigenvalue weighted by atomic mass is 10.0. The van der Waals surface area contributed by atoms with Crippen LogP contribution in [0.3, 0.4) is 0 Å². The van der Waals surface area contributed by atoms with Gasteiger partial charge in [0.15, 0.2) is 0 Å². The van der Waals surface area contributed by atoms with Gasteiger partial charge in [0, 0.05) is 12.0 Å². The molecule has 2 atom stereocenters. The van der Waals surface area contributed by atoms with E-state index in [1.165, 1.54) is 5.56 Å². The average molecular weight is 313 g/mol. The Morgan fingerprint density at radius 2 is 2.29 bits per heavy atom. The van der Waals surface area contributed by atoms with Crippen molar-refractivity contribution in [2.45, 2.75) is 32.7 Å². The molecule has 5 heteroatoms. The minimum Gasteiger partial charge on any atom is -0.496 e. The fourth-order valence-corrected chi connectivity index (χ4v) is 2.72. The second kappa shape index (κ2) is 8.25. The summed E-state index contributed by atoms with van der Waals surface area (Å²) in [7, 11) is 1.66. The van der Waals surface area contributed by atoms with Crippen LogP contribution in [0.1, 0.15) is 36.9 Å². The Labute approximate surface area is 133 Å². The summed E-state index contributed by atoms with van der Waals surface area (Å²) in [5, 5.41) is 6.37. The summed E-state index contributed by atoms with van der Waals surface area (Å²) < 4.78 is 5.38. The van der Waals surface area contributed by atoms with Crippen molar-refractivity contribution < 1.29 is 9.53 Å². The first kappa shape index (κ1) is 17.8. The third-order valence-electron chi connectivity index (χ3n) is 3.87. The first-order chi connectivity index (χ1) is 9.60. The number of aryl methyl sites for hydroxylation is 1. The summed E-state index contributed by atoms with van der Waals surface area (Å²) in [4.78, 5) is 12.1. The molecule has 0 saturated carbocycles. The molecule has 2 N–H and O–H groups in total. The molecule has 0 aliphatic carbocycles. The van der Waals surface area contributed by atoms with Gasteiger partial charge in [-0.15, -0.1) is 12.4 Å². The highest BCUT2D eigenvalue weighted by atomic mass is 35.5. The van der Waals surface area contributed by atoms with Gasteiger partial charge in [-0.1, -0.05) is 17.7 Å². The minimum atomic E-state index is -0.0355. The minimum absolute atomic E-state index is 0. The molecule has 0 bridgehead atoms. The first-order valence-corrected chi connectivity index (χ1v) is 7.24. The third kappa shape index (κ3) is 4.90. The number of nitrogens with one attached hydrogen (secondary N) is 2. The summed E-state index contributed by atoms with van der Waals surface area (Å²) in [5.74, 6) is 1.42. The molecule has 1 heterocycles. The van der Waals surface area contributed by atoms with Gasteiger partial charge in [0.25, 0.3) is 0 Å². The molecule has 1 aliphatic rings. The SMILES string of the molecule is COc1ccc(C)cc1C(C)NC(=O)CC1CCNC1.Cl. The molecule has 1 saturated heterocycles. The molecule has 21 heavy (non-hydrogen) atoms. The molecule has 1 fully saturated rings. The summed E-state index contributed by atoms with van der Waals surface area (Å²) in [5.41, 5.74) is 2.20. The topological polar surface area (TPSA) is 50.4 Å². The highest BCUT2D eigenvalue weighted by Gasteiger charge is 2.20. The van der Waals surface area contributed by atoms with Gasteiger partial charge in [0.05, 0.1) is 13.2 Å². The van der Waals surface area contributed by atoms with E-state index in [2.05, 4.69) is 16.7 Å². The summed E-state index contributed by atoms with van der Waals surface area (Å²) in [6, 6.07) is 6.00. The normalized spacial score (nSPS) is 18.7. The Hall–Kier alpha value is -1.26. The number of hydrogen-bond donors (Lipinski definition) is 2. The van der Waals surface area contributed by atoms with Gasteiger partial charge in [-0.2, -0.15) is 0 Å². The van der Waals surface area contributed by atoms with Crippen LogP contribution in [0.2, 0.25) is 0 Å². The smallest absolute Gasteiger partial charge is 0.220 e. The van der Waals surface area contributed by atoms with Crippen LogP contribution in [0.5, 0.6) is 5.75 Å². The lowest BCUT2D eigenvalue weighted by molar-refractivity contribution is -0.122. The van der Waals surface area contributed by atoms with Crippen molar-refractivity contribution in [3.8, 4) is 5.75 Å². The molecule has 1 aliphatic heterocycles. The third-order valence-corrected chi connectivity index (χ3v) is 3.87. The standard InChI is InChI=1S/C16H24N2O2.ClH/c1-11-4-5-15(20-3)14(8-11)12(2)18-16(19)9-13-6-7-17-10-13;/h4-5,8,12-13,17H,6-7,9-10H2,1-3H3,(H,18,19);1H. The number of carbonyl (C=O) groups is 1. The van der Waals surface area contributed by atoms with Crippen molar-refractivity contribution >= 4 is 18.3 Å². The molecular weight excluding hydrogens is 288 g/mol. The van der Waals surface area contributed by atoms with E-state index in [1.54, 1.807) is 7.11 Å². The van der Waals surface area contributed by atoms with Gasteiger partial charge >= 0.3 is 0 Å². The second-order valence-corrected chi connectivity index (χ2v) is 5.60. The van der Waals surface area contributed by atoms with Crippen LogP contribution in [-0.4, -0.2) is 26.1 Å². The number of rotatable bonds is 5. The van der Waals surface area contributed by atoms with E-state index >= 15 is 0 Å².